The number of benzene rings is 3. The van der Waals surface area contributed by atoms with E-state index in [2.05, 4.69) is 5.32 Å². The van der Waals surface area contributed by atoms with Crippen molar-refractivity contribution in [3.05, 3.63) is 94.4 Å². The molecule has 0 bridgehead atoms. The standard InChI is InChI=1S/C27H21F3N2O4S2/c1-35-22-12-18(10-11-21(22)36-16-24(33)31-15-17-6-3-2-4-7-17)13-23-25(34)32(26(37)38-23)20-9-5-8-19(14-20)27(28,29)30/h2-14H,15-16H2,1H3,(H,31,33)/b23-13-. The largest absolute Gasteiger partial charge is 0.493 e. The van der Waals surface area contributed by atoms with Gasteiger partial charge in [0.1, 0.15) is 0 Å². The first-order valence-electron chi connectivity index (χ1n) is 11.2. The van der Waals surface area contributed by atoms with Crippen LogP contribution in [0.3, 0.4) is 0 Å². The second kappa shape index (κ2) is 11.7. The summed E-state index contributed by atoms with van der Waals surface area (Å²) in [5.74, 6) is -0.175. The molecule has 1 aliphatic rings. The highest BCUT2D eigenvalue weighted by atomic mass is 32.2. The Morgan fingerprint density at radius 2 is 1.82 bits per heavy atom. The number of methoxy groups -OCH3 is 1. The lowest BCUT2D eigenvalue weighted by Crippen LogP contribution is -2.28. The molecule has 0 atom stereocenters. The normalized spacial score (nSPS) is 14.6. The van der Waals surface area contributed by atoms with E-state index in [1.54, 1.807) is 24.3 Å². The Labute approximate surface area is 226 Å². The maximum Gasteiger partial charge on any atom is 0.416 e. The number of hydrogen-bond acceptors (Lipinski definition) is 6. The molecule has 0 aliphatic carbocycles. The van der Waals surface area contributed by atoms with E-state index in [1.165, 1.54) is 19.2 Å². The quantitative estimate of drug-likeness (QED) is 0.278. The second-order valence-corrected chi connectivity index (χ2v) is 9.70. The molecule has 1 fully saturated rings. The fraction of sp³-hybridized carbons (Fsp3) is 0.148. The van der Waals surface area contributed by atoms with E-state index in [4.69, 9.17) is 21.7 Å². The number of nitrogens with zero attached hydrogens (tertiary/aromatic N) is 1. The van der Waals surface area contributed by atoms with Gasteiger partial charge in [-0.25, -0.2) is 0 Å². The summed E-state index contributed by atoms with van der Waals surface area (Å²) in [4.78, 5) is 26.5. The Kier molecular flexibility index (Phi) is 8.38. The number of alkyl halides is 3. The molecule has 3 aromatic rings. The monoisotopic (exact) mass is 558 g/mol. The molecule has 0 spiro atoms. The third kappa shape index (κ3) is 6.53. The number of carbonyl (C=O) groups excluding carboxylic acids is 2. The van der Waals surface area contributed by atoms with Gasteiger partial charge in [-0.2, -0.15) is 13.2 Å². The number of nitrogens with one attached hydrogen (secondary N) is 1. The van der Waals surface area contributed by atoms with E-state index in [1.807, 2.05) is 30.3 Å². The molecule has 0 saturated carbocycles. The predicted octanol–water partition coefficient (Wildman–Crippen LogP) is 5.82. The molecule has 196 valence electrons. The Bertz CT molecular complexity index is 1390. The van der Waals surface area contributed by atoms with Crippen LogP contribution in [-0.4, -0.2) is 29.9 Å². The van der Waals surface area contributed by atoms with Crippen molar-refractivity contribution in [2.45, 2.75) is 12.7 Å². The van der Waals surface area contributed by atoms with Crippen LogP contribution in [0.1, 0.15) is 16.7 Å². The highest BCUT2D eigenvalue weighted by Crippen LogP contribution is 2.39. The topological polar surface area (TPSA) is 67.9 Å². The summed E-state index contributed by atoms with van der Waals surface area (Å²) in [6, 6.07) is 18.8. The number of rotatable bonds is 8. The Balaban J connectivity index is 1.44. The average molecular weight is 559 g/mol. The van der Waals surface area contributed by atoms with E-state index in [0.29, 0.717) is 23.6 Å². The fourth-order valence-corrected chi connectivity index (χ4v) is 4.85. The van der Waals surface area contributed by atoms with E-state index in [-0.39, 0.29) is 27.4 Å². The SMILES string of the molecule is COc1cc(/C=C2\SC(=S)N(c3cccc(C(F)(F)F)c3)C2=O)ccc1OCC(=O)NCc1ccccc1. The molecule has 0 aromatic heterocycles. The molecule has 1 aliphatic heterocycles. The first-order chi connectivity index (χ1) is 18.2. The zero-order valence-corrected chi connectivity index (χ0v) is 21.6. The van der Waals surface area contributed by atoms with Gasteiger partial charge >= 0.3 is 6.18 Å². The predicted molar refractivity (Wildman–Crippen MR) is 144 cm³/mol. The van der Waals surface area contributed by atoms with Crippen LogP contribution in [0.5, 0.6) is 11.5 Å². The number of thiocarbonyl (C=S) groups is 1. The Hall–Kier alpha value is -3.83. The minimum Gasteiger partial charge on any atom is -0.493 e. The van der Waals surface area contributed by atoms with Gasteiger partial charge in [0.25, 0.3) is 11.8 Å². The summed E-state index contributed by atoms with van der Waals surface area (Å²) in [6.45, 7) is 0.149. The molecule has 1 N–H and O–H groups in total. The van der Waals surface area contributed by atoms with Gasteiger partial charge in [0.15, 0.2) is 22.4 Å². The van der Waals surface area contributed by atoms with E-state index >= 15 is 0 Å². The maximum atomic E-state index is 13.1. The molecular formula is C27H21F3N2O4S2. The molecule has 38 heavy (non-hydrogen) atoms. The zero-order chi connectivity index (χ0) is 27.3. The van der Waals surface area contributed by atoms with Crippen molar-refractivity contribution < 1.29 is 32.2 Å². The van der Waals surface area contributed by atoms with Crippen LogP contribution in [-0.2, 0) is 22.3 Å². The van der Waals surface area contributed by atoms with Crippen molar-refractivity contribution in [2.24, 2.45) is 0 Å². The van der Waals surface area contributed by atoms with Crippen LogP contribution in [0, 0.1) is 0 Å². The van der Waals surface area contributed by atoms with Gasteiger partial charge in [0, 0.05) is 6.54 Å². The summed E-state index contributed by atoms with van der Waals surface area (Å²) < 4.78 is 50.5. The van der Waals surface area contributed by atoms with Crippen LogP contribution in [0.4, 0.5) is 18.9 Å². The molecule has 4 rings (SSSR count). The van der Waals surface area contributed by atoms with Crippen LogP contribution < -0.4 is 19.7 Å². The Morgan fingerprint density at radius 1 is 1.05 bits per heavy atom. The van der Waals surface area contributed by atoms with Crippen LogP contribution in [0.2, 0.25) is 0 Å². The molecule has 11 heteroatoms. The maximum absolute atomic E-state index is 13.1. The number of anilines is 1. The molecule has 1 saturated heterocycles. The van der Waals surface area contributed by atoms with Crippen molar-refractivity contribution in [1.29, 1.82) is 0 Å². The van der Waals surface area contributed by atoms with Gasteiger partial charge in [-0.3, -0.25) is 14.5 Å². The number of halogens is 3. The molecule has 1 heterocycles. The number of amides is 2. The first kappa shape index (κ1) is 27.2. The lowest BCUT2D eigenvalue weighted by atomic mass is 10.1. The molecule has 2 amide bonds. The summed E-state index contributed by atoms with van der Waals surface area (Å²) >= 11 is 6.26. The van der Waals surface area contributed by atoms with Gasteiger partial charge in [0.2, 0.25) is 0 Å². The minimum atomic E-state index is -4.55. The zero-order valence-electron chi connectivity index (χ0n) is 20.0. The molecule has 0 unspecified atom stereocenters. The van der Waals surface area contributed by atoms with Crippen LogP contribution in [0.15, 0.2) is 77.7 Å². The van der Waals surface area contributed by atoms with E-state index in [0.717, 1.165) is 34.4 Å². The molecule has 3 aromatic carbocycles. The van der Waals surface area contributed by atoms with E-state index < -0.39 is 17.6 Å². The van der Waals surface area contributed by atoms with Crippen LogP contribution in [0.25, 0.3) is 6.08 Å². The third-order valence-electron chi connectivity index (χ3n) is 5.40. The average Bonchev–Trinajstić information content (AvgIpc) is 3.18. The van der Waals surface area contributed by atoms with Crippen molar-refractivity contribution >= 4 is 51.9 Å². The molecule has 6 nitrogen and oxygen atoms in total. The van der Waals surface area contributed by atoms with Gasteiger partial charge in [-0.05, 0) is 47.5 Å². The summed E-state index contributed by atoms with van der Waals surface area (Å²) in [6.07, 6.45) is -2.99. The lowest BCUT2D eigenvalue weighted by Gasteiger charge is -2.16. The lowest BCUT2D eigenvalue weighted by molar-refractivity contribution is -0.137. The highest BCUT2D eigenvalue weighted by Gasteiger charge is 2.36. The molecular weight excluding hydrogens is 537 g/mol. The summed E-state index contributed by atoms with van der Waals surface area (Å²) in [5.41, 5.74) is 0.702. The van der Waals surface area contributed by atoms with Crippen molar-refractivity contribution in [3.63, 3.8) is 0 Å². The second-order valence-electron chi connectivity index (χ2n) is 8.03. The third-order valence-corrected chi connectivity index (χ3v) is 6.70. The van der Waals surface area contributed by atoms with Gasteiger partial charge in [-0.15, -0.1) is 0 Å². The number of thioether (sulfide) groups is 1. The number of ether oxygens (including phenoxy) is 2. The van der Waals surface area contributed by atoms with E-state index in [9.17, 15) is 22.8 Å². The summed E-state index contributed by atoms with van der Waals surface area (Å²) in [5, 5.41) is 2.77. The van der Waals surface area contributed by atoms with Crippen molar-refractivity contribution in [3.8, 4) is 11.5 Å². The van der Waals surface area contributed by atoms with Gasteiger partial charge in [0.05, 0.1) is 23.3 Å². The van der Waals surface area contributed by atoms with Crippen molar-refractivity contribution in [1.82, 2.24) is 5.32 Å². The highest BCUT2D eigenvalue weighted by molar-refractivity contribution is 8.27. The summed E-state index contributed by atoms with van der Waals surface area (Å²) in [7, 11) is 1.44. The first-order valence-corrected chi connectivity index (χ1v) is 12.4. The van der Waals surface area contributed by atoms with Gasteiger partial charge < -0.3 is 14.8 Å². The number of carbonyl (C=O) groups is 2. The molecule has 0 radical (unpaired) electrons. The smallest absolute Gasteiger partial charge is 0.416 e. The van der Waals surface area contributed by atoms with Gasteiger partial charge in [-0.1, -0.05) is 66.4 Å². The fourth-order valence-electron chi connectivity index (χ4n) is 3.55. The van der Waals surface area contributed by atoms with Crippen molar-refractivity contribution in [2.75, 3.05) is 18.6 Å². The minimum absolute atomic E-state index is 0.0394. The Morgan fingerprint density at radius 3 is 2.53 bits per heavy atom. The van der Waals surface area contributed by atoms with Crippen LogP contribution >= 0.6 is 24.0 Å². The number of hydrogen-bond donors (Lipinski definition) is 1.